The average Bonchev–Trinajstić information content (AvgIpc) is 3.25. The van der Waals surface area contributed by atoms with E-state index >= 15 is 0 Å². The van der Waals surface area contributed by atoms with Crippen LogP contribution in [0.4, 0.5) is 5.82 Å². The zero-order chi connectivity index (χ0) is 18.3. The van der Waals surface area contributed by atoms with Crippen LogP contribution < -0.4 is 5.32 Å². The van der Waals surface area contributed by atoms with Crippen LogP contribution in [0.3, 0.4) is 0 Å². The molecule has 3 heterocycles. The molecule has 144 valence electrons. The van der Waals surface area contributed by atoms with Crippen molar-refractivity contribution in [2.45, 2.75) is 18.9 Å². The first kappa shape index (κ1) is 18.3. The summed E-state index contributed by atoms with van der Waals surface area (Å²) in [4.78, 5) is 13.8. The number of benzene rings is 1. The maximum atomic E-state index is 5.47. The van der Waals surface area contributed by atoms with E-state index in [0.717, 1.165) is 77.0 Å². The third kappa shape index (κ3) is 5.25. The third-order valence-corrected chi connectivity index (χ3v) is 5.48. The monoisotopic (exact) mass is 367 g/mol. The van der Waals surface area contributed by atoms with Crippen molar-refractivity contribution in [3.05, 3.63) is 54.0 Å². The molecule has 2 fully saturated rings. The molecule has 0 spiro atoms. The largest absolute Gasteiger partial charge is 0.381 e. The van der Waals surface area contributed by atoms with Crippen molar-refractivity contribution in [1.29, 1.82) is 0 Å². The van der Waals surface area contributed by atoms with Gasteiger partial charge in [0.15, 0.2) is 0 Å². The molecular weight excluding hydrogens is 338 g/mol. The van der Waals surface area contributed by atoms with Gasteiger partial charge in [-0.1, -0.05) is 30.3 Å². The second kappa shape index (κ2) is 9.26. The zero-order valence-electron chi connectivity index (χ0n) is 15.9. The Morgan fingerprint density at radius 2 is 1.85 bits per heavy atom. The second-order valence-corrected chi connectivity index (χ2v) is 7.42. The number of ether oxygens (including phenoxy) is 1. The minimum absolute atomic E-state index is 0.422. The van der Waals surface area contributed by atoms with Gasteiger partial charge in [-0.2, -0.15) is 0 Å². The first-order chi connectivity index (χ1) is 13.4. The Morgan fingerprint density at radius 1 is 1.04 bits per heavy atom. The van der Waals surface area contributed by atoms with Gasteiger partial charge in [0.2, 0.25) is 0 Å². The van der Waals surface area contributed by atoms with Crippen LogP contribution in [-0.2, 0) is 11.3 Å². The molecule has 0 radical (unpaired) electrons. The molecule has 0 saturated carbocycles. The van der Waals surface area contributed by atoms with Crippen molar-refractivity contribution in [3.8, 4) is 0 Å². The molecular formula is C21H29N5O. The van der Waals surface area contributed by atoms with E-state index in [1.165, 1.54) is 5.56 Å². The maximum absolute atomic E-state index is 5.47. The minimum atomic E-state index is 0.422. The smallest absolute Gasteiger partial charge is 0.129 e. The van der Waals surface area contributed by atoms with Gasteiger partial charge in [0.25, 0.3) is 0 Å². The van der Waals surface area contributed by atoms with Crippen LogP contribution in [0.15, 0.2) is 42.7 Å². The van der Waals surface area contributed by atoms with Crippen molar-refractivity contribution < 1.29 is 4.74 Å². The summed E-state index contributed by atoms with van der Waals surface area (Å²) in [6.07, 6.45) is 2.72. The Balaban J connectivity index is 1.18. The Labute approximate surface area is 161 Å². The summed E-state index contributed by atoms with van der Waals surface area (Å²) in [6, 6.07) is 12.8. The van der Waals surface area contributed by atoms with Crippen LogP contribution in [0, 0.1) is 0 Å². The van der Waals surface area contributed by atoms with Crippen molar-refractivity contribution in [3.63, 3.8) is 0 Å². The molecule has 2 aromatic rings. The van der Waals surface area contributed by atoms with Crippen molar-refractivity contribution in [2.24, 2.45) is 0 Å². The molecule has 1 aromatic heterocycles. The molecule has 1 atom stereocenters. The lowest BCUT2D eigenvalue weighted by atomic mass is 10.1. The number of nitrogens with zero attached hydrogens (tertiary/aromatic N) is 4. The zero-order valence-corrected chi connectivity index (χ0v) is 15.9. The Morgan fingerprint density at radius 3 is 2.63 bits per heavy atom. The van der Waals surface area contributed by atoms with Crippen LogP contribution in [-0.4, -0.2) is 72.3 Å². The normalized spacial score (nSPS) is 21.4. The van der Waals surface area contributed by atoms with E-state index in [4.69, 9.17) is 4.74 Å². The highest BCUT2D eigenvalue weighted by Crippen LogP contribution is 2.24. The molecule has 2 saturated heterocycles. The minimum Gasteiger partial charge on any atom is -0.381 e. The summed E-state index contributed by atoms with van der Waals surface area (Å²) >= 11 is 0. The predicted octanol–water partition coefficient (Wildman–Crippen LogP) is 2.21. The van der Waals surface area contributed by atoms with E-state index in [9.17, 15) is 0 Å². The standard InChI is InChI=1S/C21H29N5O/c1-2-4-18(5-3-1)15-26-11-9-25(10-12-26)8-7-22-21-14-20(23-17-24-21)19-6-13-27-16-19/h1-5,14,17,19H,6-13,15-16H2,(H,22,23,24)/t19-/m1/s1. The number of hydrogen-bond donors (Lipinski definition) is 1. The molecule has 6 nitrogen and oxygen atoms in total. The number of hydrogen-bond acceptors (Lipinski definition) is 6. The van der Waals surface area contributed by atoms with Gasteiger partial charge in [-0.3, -0.25) is 9.80 Å². The van der Waals surface area contributed by atoms with Crippen molar-refractivity contribution >= 4 is 5.82 Å². The highest BCUT2D eigenvalue weighted by molar-refractivity contribution is 5.36. The van der Waals surface area contributed by atoms with Gasteiger partial charge in [-0.25, -0.2) is 9.97 Å². The van der Waals surface area contributed by atoms with Crippen LogP contribution in [0.5, 0.6) is 0 Å². The highest BCUT2D eigenvalue weighted by atomic mass is 16.5. The first-order valence-electron chi connectivity index (χ1n) is 9.99. The Hall–Kier alpha value is -2.02. The van der Waals surface area contributed by atoms with E-state index in [1.54, 1.807) is 6.33 Å². The number of piperazine rings is 1. The van der Waals surface area contributed by atoms with Gasteiger partial charge in [0.05, 0.1) is 12.3 Å². The number of anilines is 1. The lowest BCUT2D eigenvalue weighted by molar-refractivity contribution is 0.130. The van der Waals surface area contributed by atoms with Gasteiger partial charge < -0.3 is 10.1 Å². The lowest BCUT2D eigenvalue weighted by Gasteiger charge is -2.34. The Kier molecular flexibility index (Phi) is 6.29. The SMILES string of the molecule is c1ccc(CN2CCN(CCNc3cc([C@@H]4CCOC4)ncn3)CC2)cc1. The number of aromatic nitrogens is 2. The van der Waals surface area contributed by atoms with Crippen LogP contribution in [0.1, 0.15) is 23.6 Å². The second-order valence-electron chi connectivity index (χ2n) is 7.42. The molecule has 1 N–H and O–H groups in total. The van der Waals surface area contributed by atoms with Gasteiger partial charge in [0.1, 0.15) is 12.1 Å². The van der Waals surface area contributed by atoms with Crippen molar-refractivity contribution in [1.82, 2.24) is 19.8 Å². The molecule has 6 heteroatoms. The molecule has 0 amide bonds. The quantitative estimate of drug-likeness (QED) is 0.810. The lowest BCUT2D eigenvalue weighted by Crippen LogP contribution is -2.47. The van der Waals surface area contributed by atoms with E-state index in [-0.39, 0.29) is 0 Å². The summed E-state index contributed by atoms with van der Waals surface area (Å²) < 4.78 is 5.47. The molecule has 2 aliphatic heterocycles. The average molecular weight is 367 g/mol. The van der Waals surface area contributed by atoms with E-state index in [0.29, 0.717) is 5.92 Å². The van der Waals surface area contributed by atoms with Crippen LogP contribution >= 0.6 is 0 Å². The highest BCUT2D eigenvalue weighted by Gasteiger charge is 2.20. The molecule has 27 heavy (non-hydrogen) atoms. The Bertz CT molecular complexity index is 697. The fourth-order valence-electron chi connectivity index (χ4n) is 3.81. The van der Waals surface area contributed by atoms with Gasteiger partial charge in [-0.05, 0) is 12.0 Å². The molecule has 0 unspecified atom stereocenters. The molecule has 0 bridgehead atoms. The van der Waals surface area contributed by atoms with Crippen molar-refractivity contribution in [2.75, 3.05) is 57.8 Å². The summed E-state index contributed by atoms with van der Waals surface area (Å²) in [6.45, 7) is 9.16. The summed E-state index contributed by atoms with van der Waals surface area (Å²) in [5.74, 6) is 1.35. The van der Waals surface area contributed by atoms with E-state index in [2.05, 4.69) is 61.5 Å². The van der Waals surface area contributed by atoms with E-state index < -0.39 is 0 Å². The predicted molar refractivity (Wildman–Crippen MR) is 107 cm³/mol. The first-order valence-corrected chi connectivity index (χ1v) is 9.99. The summed E-state index contributed by atoms with van der Waals surface area (Å²) in [5.41, 5.74) is 2.50. The molecule has 1 aromatic carbocycles. The molecule has 0 aliphatic carbocycles. The topological polar surface area (TPSA) is 53.5 Å². The van der Waals surface area contributed by atoms with Gasteiger partial charge in [-0.15, -0.1) is 0 Å². The summed E-state index contributed by atoms with van der Waals surface area (Å²) in [5, 5.41) is 3.46. The van der Waals surface area contributed by atoms with Gasteiger partial charge in [0, 0.05) is 64.4 Å². The van der Waals surface area contributed by atoms with E-state index in [1.807, 2.05) is 0 Å². The third-order valence-electron chi connectivity index (χ3n) is 5.48. The fourth-order valence-corrected chi connectivity index (χ4v) is 3.81. The fraction of sp³-hybridized carbons (Fsp3) is 0.524. The van der Waals surface area contributed by atoms with Gasteiger partial charge >= 0.3 is 0 Å². The molecule has 4 rings (SSSR count). The number of rotatable bonds is 7. The van der Waals surface area contributed by atoms with Crippen LogP contribution in [0.2, 0.25) is 0 Å². The van der Waals surface area contributed by atoms with Crippen LogP contribution in [0.25, 0.3) is 0 Å². The summed E-state index contributed by atoms with van der Waals surface area (Å²) in [7, 11) is 0. The maximum Gasteiger partial charge on any atom is 0.129 e. The number of nitrogens with one attached hydrogen (secondary N) is 1. The molecule has 2 aliphatic rings.